The average molecular weight is 361 g/mol. The van der Waals surface area contributed by atoms with Gasteiger partial charge in [-0.15, -0.1) is 0 Å². The van der Waals surface area contributed by atoms with Crippen molar-refractivity contribution in [3.8, 4) is 11.3 Å². The maximum absolute atomic E-state index is 12.6. The van der Waals surface area contributed by atoms with Crippen LogP contribution in [0.25, 0.3) is 27.9 Å². The van der Waals surface area contributed by atoms with E-state index >= 15 is 0 Å². The fraction of sp³-hybridized carbons (Fsp3) is 0.250. The summed E-state index contributed by atoms with van der Waals surface area (Å²) in [6, 6.07) is 7.59. The topological polar surface area (TPSA) is 75.7 Å². The second-order valence-corrected chi connectivity index (χ2v) is 6.86. The summed E-state index contributed by atoms with van der Waals surface area (Å²) in [4.78, 5) is 23.9. The summed E-state index contributed by atoms with van der Waals surface area (Å²) >= 11 is 0. The van der Waals surface area contributed by atoms with Crippen molar-refractivity contribution in [3.63, 3.8) is 0 Å². The molecule has 1 N–H and O–H groups in total. The van der Waals surface area contributed by atoms with E-state index in [0.717, 1.165) is 48.6 Å². The van der Waals surface area contributed by atoms with E-state index in [-0.39, 0.29) is 5.63 Å². The van der Waals surface area contributed by atoms with Gasteiger partial charge in [-0.1, -0.05) is 6.07 Å². The van der Waals surface area contributed by atoms with E-state index in [4.69, 9.17) is 4.42 Å². The molecule has 1 aliphatic rings. The maximum Gasteiger partial charge on any atom is 0.345 e. The number of aryl methyl sites for hydroxylation is 1. The van der Waals surface area contributed by atoms with E-state index in [0.29, 0.717) is 16.8 Å². The van der Waals surface area contributed by atoms with Crippen molar-refractivity contribution in [2.45, 2.75) is 6.92 Å². The van der Waals surface area contributed by atoms with Gasteiger partial charge in [-0.25, -0.2) is 14.8 Å². The number of hydrogen-bond acceptors (Lipinski definition) is 6. The second kappa shape index (κ2) is 6.21. The summed E-state index contributed by atoms with van der Waals surface area (Å²) in [5.41, 5.74) is 3.12. The Morgan fingerprint density at radius 1 is 1.15 bits per heavy atom. The van der Waals surface area contributed by atoms with Crippen molar-refractivity contribution in [1.82, 2.24) is 19.7 Å². The first-order valence-electron chi connectivity index (χ1n) is 9.03. The summed E-state index contributed by atoms with van der Waals surface area (Å²) in [5, 5.41) is 4.11. The third-order valence-corrected chi connectivity index (χ3v) is 4.92. The van der Waals surface area contributed by atoms with Crippen molar-refractivity contribution in [2.24, 2.45) is 0 Å². The Kier molecular flexibility index (Phi) is 3.68. The van der Waals surface area contributed by atoms with Crippen LogP contribution >= 0.6 is 0 Å². The Hall–Kier alpha value is -3.19. The van der Waals surface area contributed by atoms with Gasteiger partial charge in [-0.2, -0.15) is 0 Å². The van der Waals surface area contributed by atoms with E-state index < -0.39 is 0 Å². The number of nitrogens with zero attached hydrogens (tertiary/aromatic N) is 4. The van der Waals surface area contributed by atoms with Crippen LogP contribution in [0.3, 0.4) is 0 Å². The van der Waals surface area contributed by atoms with Crippen molar-refractivity contribution in [2.75, 3.05) is 31.1 Å². The molecule has 0 amide bonds. The first kappa shape index (κ1) is 16.0. The molecular weight excluding hydrogens is 342 g/mol. The summed E-state index contributed by atoms with van der Waals surface area (Å²) in [6.07, 6.45) is 5.60. The third-order valence-electron chi connectivity index (χ3n) is 4.92. The van der Waals surface area contributed by atoms with Gasteiger partial charge in [0.15, 0.2) is 0 Å². The number of nitrogens with one attached hydrogen (secondary N) is 1. The molecule has 0 bridgehead atoms. The molecule has 7 heteroatoms. The highest BCUT2D eigenvalue weighted by Gasteiger charge is 2.15. The van der Waals surface area contributed by atoms with E-state index in [1.807, 2.05) is 48.0 Å². The van der Waals surface area contributed by atoms with Crippen LogP contribution in [0.15, 0.2) is 52.1 Å². The number of rotatable bonds is 2. The van der Waals surface area contributed by atoms with Gasteiger partial charge in [0.1, 0.15) is 17.0 Å². The molecule has 1 fully saturated rings. The van der Waals surface area contributed by atoms with Crippen LogP contribution in [0.1, 0.15) is 5.56 Å². The normalized spacial score (nSPS) is 14.9. The molecule has 136 valence electrons. The van der Waals surface area contributed by atoms with Crippen molar-refractivity contribution >= 4 is 22.4 Å². The van der Waals surface area contributed by atoms with E-state index in [1.54, 1.807) is 6.20 Å². The molecule has 0 atom stereocenters. The molecule has 0 radical (unpaired) electrons. The Balaban J connectivity index is 1.58. The smallest absolute Gasteiger partial charge is 0.345 e. The molecule has 27 heavy (non-hydrogen) atoms. The Bertz CT molecular complexity index is 1200. The average Bonchev–Trinajstić information content (AvgIpc) is 3.10. The number of fused-ring (bicyclic) bond motifs is 2. The fourth-order valence-electron chi connectivity index (χ4n) is 3.48. The van der Waals surface area contributed by atoms with E-state index in [9.17, 15) is 4.79 Å². The van der Waals surface area contributed by atoms with Crippen LogP contribution in [0.5, 0.6) is 0 Å². The van der Waals surface area contributed by atoms with Gasteiger partial charge in [0, 0.05) is 56.2 Å². The minimum Gasteiger partial charge on any atom is -0.422 e. The SMILES string of the molecule is Cc1ccc2nc(-c3cc4cnc(N5CCNCC5)cc4oc3=O)cn2c1. The molecule has 0 unspecified atom stereocenters. The number of anilines is 1. The van der Waals surface area contributed by atoms with Crippen LogP contribution in [-0.4, -0.2) is 40.5 Å². The van der Waals surface area contributed by atoms with Crippen LogP contribution < -0.4 is 15.8 Å². The van der Waals surface area contributed by atoms with Gasteiger partial charge < -0.3 is 19.0 Å². The van der Waals surface area contributed by atoms with Crippen molar-refractivity contribution in [3.05, 3.63) is 58.8 Å². The van der Waals surface area contributed by atoms with Gasteiger partial charge in [0.25, 0.3) is 0 Å². The minimum absolute atomic E-state index is 0.389. The largest absolute Gasteiger partial charge is 0.422 e. The predicted molar refractivity (Wildman–Crippen MR) is 104 cm³/mol. The fourth-order valence-corrected chi connectivity index (χ4v) is 3.48. The van der Waals surface area contributed by atoms with E-state index in [1.165, 1.54) is 0 Å². The second-order valence-electron chi connectivity index (χ2n) is 6.86. The summed E-state index contributed by atoms with van der Waals surface area (Å²) in [7, 11) is 0. The molecule has 0 saturated carbocycles. The minimum atomic E-state index is -0.389. The zero-order chi connectivity index (χ0) is 18.4. The molecule has 1 aliphatic heterocycles. The van der Waals surface area contributed by atoms with Crippen LogP contribution in [-0.2, 0) is 0 Å². The van der Waals surface area contributed by atoms with Crippen LogP contribution in [0.4, 0.5) is 5.82 Å². The number of imidazole rings is 1. The number of piperazine rings is 1. The predicted octanol–water partition coefficient (Wildman–Crippen LogP) is 2.22. The van der Waals surface area contributed by atoms with Gasteiger partial charge in [-0.3, -0.25) is 0 Å². The summed E-state index contributed by atoms with van der Waals surface area (Å²) in [5.74, 6) is 0.836. The van der Waals surface area contributed by atoms with Crippen LogP contribution in [0, 0.1) is 6.92 Å². The highest BCUT2D eigenvalue weighted by atomic mass is 16.4. The zero-order valence-electron chi connectivity index (χ0n) is 15.0. The lowest BCUT2D eigenvalue weighted by Gasteiger charge is -2.28. The lowest BCUT2D eigenvalue weighted by Crippen LogP contribution is -2.43. The van der Waals surface area contributed by atoms with Crippen molar-refractivity contribution in [1.29, 1.82) is 0 Å². The number of pyridine rings is 2. The molecule has 4 aromatic rings. The molecule has 0 aliphatic carbocycles. The van der Waals surface area contributed by atoms with Gasteiger partial charge >= 0.3 is 5.63 Å². The van der Waals surface area contributed by atoms with Crippen LogP contribution in [0.2, 0.25) is 0 Å². The Morgan fingerprint density at radius 3 is 2.85 bits per heavy atom. The van der Waals surface area contributed by atoms with Gasteiger partial charge in [0.05, 0.1) is 11.3 Å². The molecule has 1 saturated heterocycles. The van der Waals surface area contributed by atoms with Crippen molar-refractivity contribution < 1.29 is 4.42 Å². The molecule has 0 spiro atoms. The molecule has 5 rings (SSSR count). The lowest BCUT2D eigenvalue weighted by molar-refractivity contribution is 0.560. The van der Waals surface area contributed by atoms with E-state index in [2.05, 4.69) is 20.2 Å². The third kappa shape index (κ3) is 2.86. The Morgan fingerprint density at radius 2 is 2.00 bits per heavy atom. The first-order valence-corrected chi connectivity index (χ1v) is 9.03. The monoisotopic (exact) mass is 361 g/mol. The molecule has 5 heterocycles. The first-order chi connectivity index (χ1) is 13.2. The van der Waals surface area contributed by atoms with Gasteiger partial charge in [-0.05, 0) is 24.6 Å². The molecule has 7 nitrogen and oxygen atoms in total. The zero-order valence-corrected chi connectivity index (χ0v) is 15.0. The molecular formula is C20H19N5O2. The maximum atomic E-state index is 12.6. The number of hydrogen-bond donors (Lipinski definition) is 1. The van der Waals surface area contributed by atoms with Gasteiger partial charge in [0.2, 0.25) is 0 Å². The highest BCUT2D eigenvalue weighted by Crippen LogP contribution is 2.23. The number of aromatic nitrogens is 3. The highest BCUT2D eigenvalue weighted by molar-refractivity contribution is 5.82. The Labute approximate surface area is 155 Å². The lowest BCUT2D eigenvalue weighted by atomic mass is 10.2. The quantitative estimate of drug-likeness (QED) is 0.590. The standard InChI is InChI=1S/C20H19N5O2/c1-13-2-3-18-23-16(12-25(18)11-13)15-8-14-10-22-19(9-17(14)27-20(15)26)24-6-4-21-5-7-24/h2-3,8-12,21H,4-7H2,1H3. The molecule has 0 aromatic carbocycles. The summed E-state index contributed by atoms with van der Waals surface area (Å²) < 4.78 is 7.53. The molecule has 4 aromatic heterocycles. The summed E-state index contributed by atoms with van der Waals surface area (Å²) in [6.45, 7) is 5.65.